The van der Waals surface area contributed by atoms with Crippen molar-refractivity contribution in [3.05, 3.63) is 0 Å². The van der Waals surface area contributed by atoms with E-state index < -0.39 is 0 Å². The van der Waals surface area contributed by atoms with Gasteiger partial charge >= 0.3 is 0 Å². The zero-order valence-corrected chi connectivity index (χ0v) is 9.18. The van der Waals surface area contributed by atoms with Crippen molar-refractivity contribution >= 4 is 5.91 Å². The summed E-state index contributed by atoms with van der Waals surface area (Å²) in [5.41, 5.74) is 0.0956. The number of rotatable bonds is 1. The standard InChI is InChI=1S/C11H20N2O/c1-11(6-3-10(14)12-11)9-4-7-13(2)8-5-9/h9H,3-8H2,1-2H3,(H,12,14). The molecule has 0 bridgehead atoms. The van der Waals surface area contributed by atoms with Gasteiger partial charge in [0.05, 0.1) is 0 Å². The van der Waals surface area contributed by atoms with Gasteiger partial charge < -0.3 is 10.2 Å². The lowest BCUT2D eigenvalue weighted by Crippen LogP contribution is -2.49. The number of amides is 1. The summed E-state index contributed by atoms with van der Waals surface area (Å²) in [4.78, 5) is 13.6. The Balaban J connectivity index is 1.97. The van der Waals surface area contributed by atoms with Crippen molar-refractivity contribution in [3.63, 3.8) is 0 Å². The van der Waals surface area contributed by atoms with Crippen LogP contribution in [0, 0.1) is 5.92 Å². The summed E-state index contributed by atoms with van der Waals surface area (Å²) < 4.78 is 0. The molecule has 0 spiro atoms. The van der Waals surface area contributed by atoms with Crippen molar-refractivity contribution in [1.82, 2.24) is 10.2 Å². The molecule has 0 aromatic rings. The highest BCUT2D eigenvalue weighted by molar-refractivity contribution is 5.79. The van der Waals surface area contributed by atoms with Crippen LogP contribution in [-0.2, 0) is 4.79 Å². The molecule has 1 unspecified atom stereocenters. The molecule has 3 heteroatoms. The third kappa shape index (κ3) is 1.78. The minimum Gasteiger partial charge on any atom is -0.351 e. The maximum atomic E-state index is 11.2. The summed E-state index contributed by atoms with van der Waals surface area (Å²) in [5.74, 6) is 0.927. The Morgan fingerprint density at radius 2 is 2.07 bits per heavy atom. The van der Waals surface area contributed by atoms with Gasteiger partial charge in [-0.25, -0.2) is 0 Å². The molecule has 0 aliphatic carbocycles. The number of likely N-dealkylation sites (tertiary alicyclic amines) is 1. The van der Waals surface area contributed by atoms with Crippen molar-refractivity contribution in [2.24, 2.45) is 5.92 Å². The number of carbonyl (C=O) groups is 1. The van der Waals surface area contributed by atoms with E-state index in [9.17, 15) is 4.79 Å². The zero-order valence-electron chi connectivity index (χ0n) is 9.18. The maximum absolute atomic E-state index is 11.2. The van der Waals surface area contributed by atoms with Crippen LogP contribution < -0.4 is 5.32 Å². The van der Waals surface area contributed by atoms with Gasteiger partial charge in [0.25, 0.3) is 0 Å². The van der Waals surface area contributed by atoms with E-state index in [4.69, 9.17) is 0 Å². The molecule has 1 atom stereocenters. The Kier molecular flexibility index (Phi) is 2.52. The molecule has 3 nitrogen and oxygen atoms in total. The SMILES string of the molecule is CN1CCC(C2(C)CCC(=O)N2)CC1. The first-order valence-corrected chi connectivity index (χ1v) is 5.60. The Morgan fingerprint density at radius 1 is 1.43 bits per heavy atom. The summed E-state index contributed by atoms with van der Waals surface area (Å²) in [5, 5.41) is 3.16. The van der Waals surface area contributed by atoms with E-state index in [1.54, 1.807) is 0 Å². The quantitative estimate of drug-likeness (QED) is 0.678. The number of hydrogen-bond acceptors (Lipinski definition) is 2. The van der Waals surface area contributed by atoms with E-state index in [1.807, 2.05) is 0 Å². The second-order valence-electron chi connectivity index (χ2n) is 5.04. The number of piperidine rings is 1. The van der Waals surface area contributed by atoms with Gasteiger partial charge in [-0.1, -0.05) is 0 Å². The zero-order chi connectivity index (χ0) is 10.2. The number of carbonyl (C=O) groups excluding carboxylic acids is 1. The highest BCUT2D eigenvalue weighted by Gasteiger charge is 2.40. The minimum atomic E-state index is 0.0956. The van der Waals surface area contributed by atoms with Gasteiger partial charge in [0.15, 0.2) is 0 Å². The molecule has 1 amide bonds. The van der Waals surface area contributed by atoms with Gasteiger partial charge in [0.1, 0.15) is 0 Å². The van der Waals surface area contributed by atoms with Crippen LogP contribution in [-0.4, -0.2) is 36.5 Å². The van der Waals surface area contributed by atoms with Crippen molar-refractivity contribution in [3.8, 4) is 0 Å². The lowest BCUT2D eigenvalue weighted by molar-refractivity contribution is -0.120. The predicted molar refractivity (Wildman–Crippen MR) is 56.0 cm³/mol. The van der Waals surface area contributed by atoms with Crippen molar-refractivity contribution in [2.75, 3.05) is 20.1 Å². The highest BCUT2D eigenvalue weighted by Crippen LogP contribution is 2.34. The van der Waals surface area contributed by atoms with E-state index in [2.05, 4.69) is 24.2 Å². The second-order valence-corrected chi connectivity index (χ2v) is 5.04. The van der Waals surface area contributed by atoms with Crippen LogP contribution in [0.5, 0.6) is 0 Å². The molecule has 2 aliphatic rings. The first-order chi connectivity index (χ1) is 6.60. The molecule has 2 heterocycles. The number of nitrogens with zero attached hydrogens (tertiary/aromatic N) is 1. The molecular weight excluding hydrogens is 176 g/mol. The summed E-state index contributed by atoms with van der Waals surface area (Å²) in [6.07, 6.45) is 4.21. The van der Waals surface area contributed by atoms with Gasteiger partial charge in [0.2, 0.25) is 5.91 Å². The molecule has 0 saturated carbocycles. The second kappa shape index (κ2) is 3.54. The molecule has 0 radical (unpaired) electrons. The Bertz CT molecular complexity index is 233. The van der Waals surface area contributed by atoms with E-state index in [1.165, 1.54) is 25.9 Å². The summed E-state index contributed by atoms with van der Waals surface area (Å²) in [6, 6.07) is 0. The van der Waals surface area contributed by atoms with Gasteiger partial charge in [-0.15, -0.1) is 0 Å². The molecule has 2 saturated heterocycles. The number of hydrogen-bond donors (Lipinski definition) is 1. The van der Waals surface area contributed by atoms with Gasteiger partial charge in [-0.3, -0.25) is 4.79 Å². The first kappa shape index (κ1) is 9.97. The molecule has 80 valence electrons. The molecule has 14 heavy (non-hydrogen) atoms. The van der Waals surface area contributed by atoms with Crippen molar-refractivity contribution in [1.29, 1.82) is 0 Å². The van der Waals surface area contributed by atoms with Gasteiger partial charge in [-0.2, -0.15) is 0 Å². The maximum Gasteiger partial charge on any atom is 0.220 e. The van der Waals surface area contributed by atoms with Crippen LogP contribution in [0.3, 0.4) is 0 Å². The fourth-order valence-electron chi connectivity index (χ4n) is 2.77. The third-order valence-corrected chi connectivity index (χ3v) is 3.92. The van der Waals surface area contributed by atoms with Crippen LogP contribution in [0.15, 0.2) is 0 Å². The summed E-state index contributed by atoms with van der Waals surface area (Å²) >= 11 is 0. The fraction of sp³-hybridized carbons (Fsp3) is 0.909. The topological polar surface area (TPSA) is 32.3 Å². The molecule has 1 N–H and O–H groups in total. The van der Waals surface area contributed by atoms with Crippen LogP contribution in [0.25, 0.3) is 0 Å². The van der Waals surface area contributed by atoms with Crippen molar-refractivity contribution < 1.29 is 4.79 Å². The normalized spacial score (nSPS) is 36.0. The van der Waals surface area contributed by atoms with Crippen LogP contribution in [0.2, 0.25) is 0 Å². The average molecular weight is 196 g/mol. The van der Waals surface area contributed by atoms with E-state index in [0.29, 0.717) is 5.92 Å². The van der Waals surface area contributed by atoms with Crippen LogP contribution in [0.1, 0.15) is 32.6 Å². The largest absolute Gasteiger partial charge is 0.351 e. The molecule has 2 fully saturated rings. The highest BCUT2D eigenvalue weighted by atomic mass is 16.2. The first-order valence-electron chi connectivity index (χ1n) is 5.60. The average Bonchev–Trinajstić information content (AvgIpc) is 2.48. The van der Waals surface area contributed by atoms with Gasteiger partial charge in [-0.05, 0) is 52.2 Å². The smallest absolute Gasteiger partial charge is 0.220 e. The van der Waals surface area contributed by atoms with E-state index in [-0.39, 0.29) is 11.4 Å². The van der Waals surface area contributed by atoms with E-state index in [0.717, 1.165) is 12.8 Å². The van der Waals surface area contributed by atoms with Crippen LogP contribution >= 0.6 is 0 Å². The Morgan fingerprint density at radius 3 is 2.57 bits per heavy atom. The monoisotopic (exact) mass is 196 g/mol. The lowest BCUT2D eigenvalue weighted by atomic mass is 9.78. The molecule has 0 aromatic heterocycles. The Labute approximate surface area is 85.8 Å². The fourth-order valence-corrected chi connectivity index (χ4v) is 2.77. The lowest BCUT2D eigenvalue weighted by Gasteiger charge is -2.39. The minimum absolute atomic E-state index is 0.0956. The summed E-state index contributed by atoms with van der Waals surface area (Å²) in [6.45, 7) is 4.57. The van der Waals surface area contributed by atoms with E-state index >= 15 is 0 Å². The molecular formula is C11H20N2O. The molecule has 2 aliphatic heterocycles. The molecule has 0 aromatic carbocycles. The Hall–Kier alpha value is -0.570. The molecule has 2 rings (SSSR count). The number of nitrogens with one attached hydrogen (secondary N) is 1. The van der Waals surface area contributed by atoms with Crippen molar-refractivity contribution in [2.45, 2.75) is 38.1 Å². The van der Waals surface area contributed by atoms with Crippen LogP contribution in [0.4, 0.5) is 0 Å². The van der Waals surface area contributed by atoms with Gasteiger partial charge in [0, 0.05) is 12.0 Å². The predicted octanol–water partition coefficient (Wildman–Crippen LogP) is 0.997. The third-order valence-electron chi connectivity index (χ3n) is 3.92. The summed E-state index contributed by atoms with van der Waals surface area (Å²) in [7, 11) is 2.17.